The van der Waals surface area contributed by atoms with Crippen LogP contribution in [0.1, 0.15) is 13.0 Å². The largest absolute Gasteiger partial charge is 0.482 e. The monoisotopic (exact) mass is 454 g/mol. The van der Waals surface area contributed by atoms with Crippen molar-refractivity contribution in [3.8, 4) is 5.75 Å². The number of amides is 3. The molecular formula is C21H19ClN6O4. The van der Waals surface area contributed by atoms with Crippen LogP contribution in [0.15, 0.2) is 55.1 Å². The third kappa shape index (κ3) is 4.70. The van der Waals surface area contributed by atoms with E-state index in [1.165, 1.54) is 22.2 Å². The van der Waals surface area contributed by atoms with Gasteiger partial charge in [0.05, 0.1) is 5.69 Å². The van der Waals surface area contributed by atoms with E-state index >= 15 is 0 Å². The predicted molar refractivity (Wildman–Crippen MR) is 118 cm³/mol. The molecule has 0 spiro atoms. The number of aromatic nitrogens is 3. The Balaban J connectivity index is 1.37. The van der Waals surface area contributed by atoms with Crippen molar-refractivity contribution in [2.75, 3.05) is 28.7 Å². The molecule has 1 atom stereocenters. The Hall–Kier alpha value is -3.92. The molecule has 3 amide bonds. The highest BCUT2D eigenvalue weighted by Gasteiger charge is 2.27. The molecule has 1 aliphatic rings. The average molecular weight is 455 g/mol. The van der Waals surface area contributed by atoms with E-state index in [9.17, 15) is 14.4 Å². The highest BCUT2D eigenvalue weighted by Crippen LogP contribution is 2.34. The molecule has 0 aliphatic carbocycles. The quantitative estimate of drug-likeness (QED) is 0.590. The highest BCUT2D eigenvalue weighted by molar-refractivity contribution is 6.31. The molecule has 0 radical (unpaired) electrons. The molecule has 2 heterocycles. The number of anilines is 3. The van der Waals surface area contributed by atoms with Crippen LogP contribution in [-0.4, -0.2) is 45.6 Å². The second kappa shape index (κ2) is 9.06. The lowest BCUT2D eigenvalue weighted by molar-refractivity contribution is -0.123. The van der Waals surface area contributed by atoms with Gasteiger partial charge in [0, 0.05) is 16.4 Å². The molecule has 11 heteroatoms. The summed E-state index contributed by atoms with van der Waals surface area (Å²) in [4.78, 5) is 42.3. The van der Waals surface area contributed by atoms with Gasteiger partial charge in [-0.2, -0.15) is 5.10 Å². The number of carbonyl (C=O) groups is 3. The first-order chi connectivity index (χ1) is 15.4. The van der Waals surface area contributed by atoms with Crippen LogP contribution in [0.5, 0.6) is 5.75 Å². The molecule has 0 bridgehead atoms. The topological polar surface area (TPSA) is 118 Å². The van der Waals surface area contributed by atoms with Crippen molar-refractivity contribution in [1.29, 1.82) is 0 Å². The Labute approximate surface area is 188 Å². The first-order valence-corrected chi connectivity index (χ1v) is 10.1. The molecule has 164 valence electrons. The number of nitrogens with zero attached hydrogens (tertiary/aromatic N) is 4. The van der Waals surface area contributed by atoms with Crippen molar-refractivity contribution < 1.29 is 19.1 Å². The first kappa shape index (κ1) is 21.3. The van der Waals surface area contributed by atoms with E-state index in [-0.39, 0.29) is 30.9 Å². The number of hydrogen-bond donors (Lipinski definition) is 2. The molecule has 3 aromatic rings. The number of rotatable bonds is 6. The highest BCUT2D eigenvalue weighted by atomic mass is 35.5. The van der Waals surface area contributed by atoms with E-state index in [1.54, 1.807) is 49.4 Å². The van der Waals surface area contributed by atoms with Crippen LogP contribution in [0.4, 0.5) is 17.1 Å². The Morgan fingerprint density at radius 3 is 2.56 bits per heavy atom. The molecule has 1 unspecified atom stereocenters. The van der Waals surface area contributed by atoms with Gasteiger partial charge < -0.3 is 15.4 Å². The average Bonchev–Trinajstić information content (AvgIpc) is 3.31. The predicted octanol–water partition coefficient (Wildman–Crippen LogP) is 2.50. The van der Waals surface area contributed by atoms with E-state index in [0.717, 1.165) is 0 Å². The third-order valence-corrected chi connectivity index (χ3v) is 5.05. The van der Waals surface area contributed by atoms with E-state index < -0.39 is 6.04 Å². The Kier molecular flexibility index (Phi) is 6.04. The fourth-order valence-corrected chi connectivity index (χ4v) is 3.28. The summed E-state index contributed by atoms with van der Waals surface area (Å²) in [6.45, 7) is 1.36. The fraction of sp³-hybridized carbons (Fsp3) is 0.190. The molecular weight excluding hydrogens is 436 g/mol. The number of hydrogen-bond acceptors (Lipinski definition) is 6. The molecule has 2 aromatic carbocycles. The van der Waals surface area contributed by atoms with E-state index in [0.29, 0.717) is 27.8 Å². The summed E-state index contributed by atoms with van der Waals surface area (Å²) in [5.41, 5.74) is 1.53. The maximum Gasteiger partial charge on any atom is 0.265 e. The molecule has 32 heavy (non-hydrogen) atoms. The first-order valence-electron chi connectivity index (χ1n) is 9.68. The van der Waals surface area contributed by atoms with Crippen LogP contribution in [-0.2, 0) is 14.4 Å². The van der Waals surface area contributed by atoms with Crippen LogP contribution < -0.4 is 20.3 Å². The van der Waals surface area contributed by atoms with Crippen molar-refractivity contribution in [2.45, 2.75) is 13.0 Å². The lowest BCUT2D eigenvalue weighted by atomic mass is 10.2. The van der Waals surface area contributed by atoms with E-state index in [2.05, 4.69) is 20.7 Å². The van der Waals surface area contributed by atoms with Crippen LogP contribution in [0, 0.1) is 0 Å². The van der Waals surface area contributed by atoms with E-state index in [1.807, 2.05) is 0 Å². The number of nitrogens with one attached hydrogen (secondary N) is 2. The summed E-state index contributed by atoms with van der Waals surface area (Å²) in [7, 11) is 0. The minimum atomic E-state index is -0.528. The lowest BCUT2D eigenvalue weighted by Gasteiger charge is -2.29. The van der Waals surface area contributed by atoms with Crippen molar-refractivity contribution in [3.05, 3.63) is 60.1 Å². The molecule has 1 aliphatic heterocycles. The third-order valence-electron chi connectivity index (χ3n) is 4.81. The van der Waals surface area contributed by atoms with Gasteiger partial charge >= 0.3 is 0 Å². The second-order valence-electron chi connectivity index (χ2n) is 7.05. The van der Waals surface area contributed by atoms with Gasteiger partial charge in [-0.3, -0.25) is 19.3 Å². The molecule has 1 aromatic heterocycles. The summed E-state index contributed by atoms with van der Waals surface area (Å²) >= 11 is 6.02. The lowest BCUT2D eigenvalue weighted by Crippen LogP contribution is -2.43. The Bertz CT molecular complexity index is 1150. The van der Waals surface area contributed by atoms with Gasteiger partial charge in [0.25, 0.3) is 5.91 Å². The molecule has 0 saturated carbocycles. The second-order valence-corrected chi connectivity index (χ2v) is 7.48. The SMILES string of the molecule is CC(C(=O)Nc1ccc(NC(=O)CN2C(=O)COc3ccc(Cl)cc32)cc1)n1cncn1. The van der Waals surface area contributed by atoms with Gasteiger partial charge in [-0.1, -0.05) is 11.6 Å². The zero-order valence-corrected chi connectivity index (χ0v) is 17.7. The van der Waals surface area contributed by atoms with E-state index in [4.69, 9.17) is 16.3 Å². The molecule has 10 nitrogen and oxygen atoms in total. The van der Waals surface area contributed by atoms with Crippen LogP contribution in [0.25, 0.3) is 0 Å². The van der Waals surface area contributed by atoms with Gasteiger partial charge in [0.15, 0.2) is 6.61 Å². The molecule has 2 N–H and O–H groups in total. The molecule has 0 saturated heterocycles. The van der Waals surface area contributed by atoms with Gasteiger partial charge in [-0.25, -0.2) is 9.67 Å². The van der Waals surface area contributed by atoms with Crippen molar-refractivity contribution in [3.63, 3.8) is 0 Å². The van der Waals surface area contributed by atoms with Gasteiger partial charge in [0.2, 0.25) is 11.8 Å². The van der Waals surface area contributed by atoms with Gasteiger partial charge in [0.1, 0.15) is 31.0 Å². The van der Waals surface area contributed by atoms with Gasteiger partial charge in [-0.15, -0.1) is 0 Å². The Morgan fingerprint density at radius 1 is 1.16 bits per heavy atom. The number of carbonyl (C=O) groups excluding carboxylic acids is 3. The van der Waals surface area contributed by atoms with Crippen LogP contribution in [0.2, 0.25) is 5.02 Å². The number of halogens is 1. The minimum absolute atomic E-state index is 0.149. The van der Waals surface area contributed by atoms with Crippen LogP contribution in [0.3, 0.4) is 0 Å². The van der Waals surface area contributed by atoms with Gasteiger partial charge in [-0.05, 0) is 49.4 Å². The molecule has 0 fully saturated rings. The minimum Gasteiger partial charge on any atom is -0.482 e. The van der Waals surface area contributed by atoms with Crippen molar-refractivity contribution in [2.24, 2.45) is 0 Å². The number of fused-ring (bicyclic) bond motifs is 1. The fourth-order valence-electron chi connectivity index (χ4n) is 3.11. The summed E-state index contributed by atoms with van der Waals surface area (Å²) in [6.07, 6.45) is 2.83. The smallest absolute Gasteiger partial charge is 0.265 e. The summed E-state index contributed by atoms with van der Waals surface area (Å²) in [5, 5.41) is 9.90. The zero-order valence-electron chi connectivity index (χ0n) is 17.0. The standard InChI is InChI=1S/C21H19ClN6O4/c1-13(28-12-23-11-24-28)21(31)26-16-5-3-15(4-6-16)25-19(29)9-27-17-8-14(22)2-7-18(17)32-10-20(27)30/h2-8,11-13H,9-10H2,1H3,(H,25,29)(H,26,31). The maximum atomic E-state index is 12.5. The number of ether oxygens (including phenoxy) is 1. The van der Waals surface area contributed by atoms with Crippen molar-refractivity contribution in [1.82, 2.24) is 14.8 Å². The zero-order chi connectivity index (χ0) is 22.7. The Morgan fingerprint density at radius 2 is 1.88 bits per heavy atom. The summed E-state index contributed by atoms with van der Waals surface area (Å²) in [6, 6.07) is 11.0. The summed E-state index contributed by atoms with van der Waals surface area (Å²) in [5.74, 6) is -0.491. The summed E-state index contributed by atoms with van der Waals surface area (Å²) < 4.78 is 6.83. The molecule has 4 rings (SSSR count). The van der Waals surface area contributed by atoms with Crippen LogP contribution >= 0.6 is 11.6 Å². The number of benzene rings is 2. The maximum absolute atomic E-state index is 12.5. The van der Waals surface area contributed by atoms with Crippen molar-refractivity contribution >= 4 is 46.4 Å². The normalized spacial score (nSPS) is 13.7.